The molecule has 148 valence electrons. The summed E-state index contributed by atoms with van der Waals surface area (Å²) in [5.41, 5.74) is -5.13. The molecule has 0 N–H and O–H groups in total. The van der Waals surface area contributed by atoms with Crippen LogP contribution in [0.15, 0.2) is 0 Å². The Balaban J connectivity index is 6.45. The molecule has 0 bridgehead atoms. The van der Waals surface area contributed by atoms with Gasteiger partial charge in [-0.25, -0.2) is 0 Å². The molecule has 0 radical (unpaired) electrons. The number of hydrogen-bond donors (Lipinski definition) is 0. The molecule has 2 nitrogen and oxygen atoms in total. The molecule has 0 rings (SSSR count). The summed E-state index contributed by atoms with van der Waals surface area (Å²) in [4.78, 5) is 0. The number of rotatable bonds is 13. The van der Waals surface area contributed by atoms with E-state index < -0.39 is 20.8 Å². The molecule has 7 heteroatoms. The van der Waals surface area contributed by atoms with Crippen molar-refractivity contribution in [2.75, 3.05) is 24.6 Å². The third-order valence-electron chi connectivity index (χ3n) is 5.28. The second kappa shape index (κ2) is 9.75. The van der Waals surface area contributed by atoms with Gasteiger partial charge in [-0.2, -0.15) is 0 Å². The van der Waals surface area contributed by atoms with Crippen molar-refractivity contribution >= 4 is 15.3 Å². The van der Waals surface area contributed by atoms with Gasteiger partial charge < -0.3 is 0 Å². The molecule has 0 fully saturated rings. The second-order valence-electron chi connectivity index (χ2n) is 7.09. The van der Waals surface area contributed by atoms with Gasteiger partial charge in [0.05, 0.1) is 0 Å². The Hall–Kier alpha value is 0.170. The molecule has 0 aromatic heterocycles. The molecule has 0 aromatic rings. The average molecular weight is 393 g/mol. The summed E-state index contributed by atoms with van der Waals surface area (Å²) in [5.74, 6) is -3.95. The van der Waals surface area contributed by atoms with Crippen LogP contribution >= 0.6 is 5.81 Å². The van der Waals surface area contributed by atoms with Crippen LogP contribution in [0.25, 0.3) is 0 Å². The predicted octanol–water partition coefficient (Wildman–Crippen LogP) is 6.59. The first-order chi connectivity index (χ1) is 11.1. The number of alkyl halides is 3. The summed E-state index contributed by atoms with van der Waals surface area (Å²) in [6.45, 7) is 7.69. The Morgan fingerprint density at radius 3 is 1.08 bits per heavy atom. The van der Waals surface area contributed by atoms with E-state index in [-0.39, 0.29) is 24.6 Å². The van der Waals surface area contributed by atoms with Crippen LogP contribution in [-0.2, 0) is 9.46 Å². The Labute approximate surface area is 146 Å². The fourth-order valence-corrected chi connectivity index (χ4v) is 17.2. The number of unbranched alkanes of at least 4 members (excludes halogenated alkanes) is 4. The van der Waals surface area contributed by atoms with Crippen LogP contribution in [0.1, 0.15) is 79.1 Å². The first-order valence-corrected chi connectivity index (χ1v) is 14.4. The van der Waals surface area contributed by atoms with Crippen molar-refractivity contribution in [3.8, 4) is 0 Å². The van der Waals surface area contributed by atoms with Crippen LogP contribution in [0.2, 0.25) is 0 Å². The summed E-state index contributed by atoms with van der Waals surface area (Å²) in [7, 11) is -5.12. The molecule has 0 aliphatic rings. The summed E-state index contributed by atoms with van der Waals surface area (Å²) in [5, 5.41) is 0. The molecule has 0 saturated carbocycles. The molecule has 0 atom stereocenters. The normalized spacial score (nSPS) is 15.2. The third-order valence-corrected chi connectivity index (χ3v) is 19.9. The molecule has 24 heavy (non-hydrogen) atoms. The van der Waals surface area contributed by atoms with Gasteiger partial charge >= 0.3 is 146 Å². The van der Waals surface area contributed by atoms with Gasteiger partial charge in [-0.3, -0.25) is 0 Å². The van der Waals surface area contributed by atoms with Gasteiger partial charge in [0.1, 0.15) is 0 Å². The first-order valence-electron chi connectivity index (χ1n) is 9.38. The second-order valence-corrected chi connectivity index (χ2v) is 18.5. The molecule has 0 amide bonds. The van der Waals surface area contributed by atoms with Crippen molar-refractivity contribution in [1.82, 2.24) is 0 Å². The van der Waals surface area contributed by atoms with E-state index in [9.17, 15) is 21.6 Å². The number of hydrogen-bond acceptors (Lipinski definition) is 2. The fraction of sp³-hybridized carbons (Fsp3) is 1.00. The van der Waals surface area contributed by atoms with E-state index in [1.54, 1.807) is 0 Å². The van der Waals surface area contributed by atoms with E-state index in [4.69, 9.17) is 0 Å². The molecule has 0 aromatic carbocycles. The Kier molecular flexibility index (Phi) is 9.82. The monoisotopic (exact) mass is 392 g/mol. The van der Waals surface area contributed by atoms with Crippen molar-refractivity contribution < 1.29 is 21.6 Å². The SMILES string of the molecule is CCCCP(CCCC)(CCCC)(CCCC)S(=O)(=O)C(F)(F)F. The van der Waals surface area contributed by atoms with Gasteiger partial charge in [0, 0.05) is 0 Å². The van der Waals surface area contributed by atoms with E-state index in [0.717, 1.165) is 25.7 Å². The summed E-state index contributed by atoms with van der Waals surface area (Å²) in [6, 6.07) is 0. The van der Waals surface area contributed by atoms with Crippen LogP contribution in [0.4, 0.5) is 13.2 Å². The van der Waals surface area contributed by atoms with Gasteiger partial charge in [-0.15, -0.1) is 0 Å². The van der Waals surface area contributed by atoms with Gasteiger partial charge in [0.2, 0.25) is 0 Å². The van der Waals surface area contributed by atoms with Crippen LogP contribution in [0.5, 0.6) is 0 Å². The Morgan fingerprint density at radius 2 is 0.917 bits per heavy atom. The van der Waals surface area contributed by atoms with Crippen molar-refractivity contribution in [3.05, 3.63) is 0 Å². The van der Waals surface area contributed by atoms with Crippen LogP contribution in [0, 0.1) is 0 Å². The van der Waals surface area contributed by atoms with E-state index in [1.165, 1.54) is 0 Å². The maximum atomic E-state index is 13.7. The van der Waals surface area contributed by atoms with Crippen LogP contribution in [-0.4, -0.2) is 38.6 Å². The average Bonchev–Trinajstić information content (AvgIpc) is 2.52. The molecule has 0 aliphatic carbocycles. The van der Waals surface area contributed by atoms with Crippen molar-refractivity contribution in [2.24, 2.45) is 0 Å². The maximum absolute atomic E-state index is 13.7. The summed E-state index contributed by atoms with van der Waals surface area (Å²) >= 11 is 0. The molecule has 0 spiro atoms. The zero-order valence-corrected chi connectivity index (χ0v) is 17.5. The molecule has 0 saturated heterocycles. The quantitative estimate of drug-likeness (QED) is 0.331. The molecular weight excluding hydrogens is 356 g/mol. The Bertz CT molecular complexity index is 417. The summed E-state index contributed by atoms with van der Waals surface area (Å²) < 4.78 is 67.1. The van der Waals surface area contributed by atoms with Crippen LogP contribution < -0.4 is 0 Å². The van der Waals surface area contributed by atoms with E-state index >= 15 is 0 Å². The molecule has 0 unspecified atom stereocenters. The minimum absolute atomic E-state index is 0.254. The zero-order valence-electron chi connectivity index (χ0n) is 15.8. The molecular formula is C17H36F3O2PS. The zero-order chi connectivity index (χ0) is 18.9. The third kappa shape index (κ3) is 4.87. The van der Waals surface area contributed by atoms with Crippen molar-refractivity contribution in [2.45, 2.75) is 84.6 Å². The topological polar surface area (TPSA) is 34.1 Å². The summed E-state index contributed by atoms with van der Waals surface area (Å²) in [6.07, 6.45) is 6.24. The van der Waals surface area contributed by atoms with Gasteiger partial charge in [-0.1, -0.05) is 0 Å². The minimum atomic E-state index is -5.13. The number of halogens is 3. The van der Waals surface area contributed by atoms with Crippen molar-refractivity contribution in [1.29, 1.82) is 0 Å². The molecule has 0 heterocycles. The van der Waals surface area contributed by atoms with Gasteiger partial charge in [0.25, 0.3) is 0 Å². The first kappa shape index (κ1) is 24.2. The van der Waals surface area contributed by atoms with Crippen molar-refractivity contribution in [3.63, 3.8) is 0 Å². The standard InChI is InChI=1S/C17H36F3O2PS/c1-5-9-13-23(14-10-6-2,15-11-7-3,16-12-8-4)24(21,22)17(18,19)20/h5-16H2,1-4H3. The molecule has 0 aliphatic heterocycles. The van der Waals surface area contributed by atoms with E-state index in [2.05, 4.69) is 0 Å². The van der Waals surface area contributed by atoms with Gasteiger partial charge in [0.15, 0.2) is 0 Å². The van der Waals surface area contributed by atoms with Crippen LogP contribution in [0.3, 0.4) is 0 Å². The van der Waals surface area contributed by atoms with E-state index in [1.807, 2.05) is 27.7 Å². The van der Waals surface area contributed by atoms with E-state index in [0.29, 0.717) is 25.7 Å². The Morgan fingerprint density at radius 1 is 0.667 bits per heavy atom. The van der Waals surface area contributed by atoms with Gasteiger partial charge in [-0.05, 0) is 0 Å². The fourth-order valence-electron chi connectivity index (χ4n) is 3.68. The predicted molar refractivity (Wildman–Crippen MR) is 101 cm³/mol.